The zero-order valence-corrected chi connectivity index (χ0v) is 17.3. The van der Waals surface area contributed by atoms with Crippen molar-refractivity contribution in [1.29, 1.82) is 5.26 Å². The van der Waals surface area contributed by atoms with Crippen molar-refractivity contribution in [3.63, 3.8) is 0 Å². The van der Waals surface area contributed by atoms with E-state index in [9.17, 15) is 14.9 Å². The van der Waals surface area contributed by atoms with Gasteiger partial charge in [0.1, 0.15) is 23.2 Å². The SMILES string of the molecule is CC1=C(C#N)C(=O)N(CCCO)C(=O)/C1=C/c1ccc(-c2ccc(I)cc2)o1. The lowest BCUT2D eigenvalue weighted by Crippen LogP contribution is -2.43. The topological polar surface area (TPSA) is 94.5 Å². The zero-order chi connectivity index (χ0) is 20.3. The summed E-state index contributed by atoms with van der Waals surface area (Å²) in [5, 5.41) is 18.4. The molecule has 0 unspecified atom stereocenters. The van der Waals surface area contributed by atoms with Gasteiger partial charge in [-0.25, -0.2) is 0 Å². The molecule has 0 bridgehead atoms. The number of hydrogen-bond acceptors (Lipinski definition) is 5. The van der Waals surface area contributed by atoms with Crippen LogP contribution in [-0.2, 0) is 9.59 Å². The number of carbonyl (C=O) groups excluding carboxylic acids is 2. The fraction of sp³-hybridized carbons (Fsp3) is 0.190. The summed E-state index contributed by atoms with van der Waals surface area (Å²) in [6.45, 7) is 1.47. The van der Waals surface area contributed by atoms with Crippen LogP contribution in [0.2, 0.25) is 0 Å². The van der Waals surface area contributed by atoms with Gasteiger partial charge >= 0.3 is 0 Å². The van der Waals surface area contributed by atoms with E-state index < -0.39 is 11.8 Å². The van der Waals surface area contributed by atoms with Gasteiger partial charge in [0.05, 0.1) is 0 Å². The van der Waals surface area contributed by atoms with E-state index in [4.69, 9.17) is 9.52 Å². The molecule has 0 atom stereocenters. The van der Waals surface area contributed by atoms with Gasteiger partial charge in [-0.05, 0) is 71.9 Å². The number of amides is 2. The van der Waals surface area contributed by atoms with Crippen molar-refractivity contribution in [1.82, 2.24) is 4.90 Å². The molecule has 3 rings (SSSR count). The van der Waals surface area contributed by atoms with Crippen molar-refractivity contribution in [3.05, 3.63) is 62.4 Å². The average molecular weight is 488 g/mol. The highest BCUT2D eigenvalue weighted by Crippen LogP contribution is 2.29. The van der Waals surface area contributed by atoms with Crippen molar-refractivity contribution in [2.45, 2.75) is 13.3 Å². The molecule has 2 amide bonds. The molecule has 0 saturated carbocycles. The van der Waals surface area contributed by atoms with Gasteiger partial charge < -0.3 is 9.52 Å². The molecule has 1 aromatic heterocycles. The predicted molar refractivity (Wildman–Crippen MR) is 112 cm³/mol. The molecule has 7 heteroatoms. The molecule has 142 valence electrons. The van der Waals surface area contributed by atoms with Crippen molar-refractivity contribution in [2.75, 3.05) is 13.2 Å². The fourth-order valence-corrected chi connectivity index (χ4v) is 3.26. The first-order valence-electron chi connectivity index (χ1n) is 8.62. The monoisotopic (exact) mass is 488 g/mol. The highest BCUT2D eigenvalue weighted by molar-refractivity contribution is 14.1. The first-order chi connectivity index (χ1) is 13.5. The minimum Gasteiger partial charge on any atom is -0.457 e. The molecular weight excluding hydrogens is 471 g/mol. The third kappa shape index (κ3) is 3.93. The second kappa shape index (κ2) is 8.54. The van der Waals surface area contributed by atoms with Crippen LogP contribution >= 0.6 is 22.6 Å². The van der Waals surface area contributed by atoms with Crippen LogP contribution < -0.4 is 0 Å². The molecule has 1 aliphatic heterocycles. The van der Waals surface area contributed by atoms with Gasteiger partial charge in [-0.3, -0.25) is 14.5 Å². The molecule has 6 nitrogen and oxygen atoms in total. The van der Waals surface area contributed by atoms with E-state index in [1.54, 1.807) is 25.1 Å². The molecule has 0 aliphatic carbocycles. The van der Waals surface area contributed by atoms with Crippen molar-refractivity contribution in [3.8, 4) is 17.4 Å². The third-order valence-corrected chi connectivity index (χ3v) is 5.13. The second-order valence-electron chi connectivity index (χ2n) is 6.22. The van der Waals surface area contributed by atoms with E-state index in [-0.39, 0.29) is 30.7 Å². The lowest BCUT2D eigenvalue weighted by Gasteiger charge is -2.27. The summed E-state index contributed by atoms with van der Waals surface area (Å²) >= 11 is 2.22. The number of carbonyl (C=O) groups is 2. The lowest BCUT2D eigenvalue weighted by molar-refractivity contribution is -0.140. The number of rotatable bonds is 5. The Morgan fingerprint density at radius 1 is 1.18 bits per heavy atom. The Kier molecular flexibility index (Phi) is 6.11. The van der Waals surface area contributed by atoms with Gasteiger partial charge in [0.15, 0.2) is 0 Å². The number of aliphatic hydroxyl groups excluding tert-OH is 1. The van der Waals surface area contributed by atoms with Gasteiger partial charge in [0.25, 0.3) is 11.8 Å². The standard InChI is InChI=1S/C21H17IN2O4/c1-13-17(20(26)24(9-2-10-25)21(27)18(13)12-23)11-16-7-8-19(28-16)14-3-5-15(22)6-4-14/h3-8,11,25H,2,9-10H2,1H3/b17-11+. The molecule has 2 aromatic rings. The van der Waals surface area contributed by atoms with Crippen LogP contribution in [0.25, 0.3) is 17.4 Å². The maximum absolute atomic E-state index is 12.8. The Morgan fingerprint density at radius 3 is 2.54 bits per heavy atom. The van der Waals surface area contributed by atoms with Gasteiger partial charge in [-0.2, -0.15) is 5.26 Å². The van der Waals surface area contributed by atoms with Crippen molar-refractivity contribution >= 4 is 40.5 Å². The molecule has 1 aliphatic rings. The first-order valence-corrected chi connectivity index (χ1v) is 9.70. The Labute approximate surface area is 175 Å². The molecule has 0 radical (unpaired) electrons. The Hall–Kier alpha value is -2.70. The molecule has 0 fully saturated rings. The summed E-state index contributed by atoms with van der Waals surface area (Å²) in [6, 6.07) is 13.3. The zero-order valence-electron chi connectivity index (χ0n) is 15.1. The van der Waals surface area contributed by atoms with Crippen molar-refractivity contribution in [2.24, 2.45) is 0 Å². The molecule has 1 N–H and O–H groups in total. The van der Waals surface area contributed by atoms with Crippen LogP contribution in [0.4, 0.5) is 0 Å². The lowest BCUT2D eigenvalue weighted by atomic mass is 9.94. The highest BCUT2D eigenvalue weighted by atomic mass is 127. The van der Waals surface area contributed by atoms with E-state index in [1.165, 1.54) is 0 Å². The highest BCUT2D eigenvalue weighted by Gasteiger charge is 2.35. The van der Waals surface area contributed by atoms with Gasteiger partial charge in [0.2, 0.25) is 0 Å². The summed E-state index contributed by atoms with van der Waals surface area (Å²) in [7, 11) is 0. The quantitative estimate of drug-likeness (QED) is 0.395. The molecular formula is C21H17IN2O4. The van der Waals surface area contributed by atoms with Gasteiger partial charge in [-0.15, -0.1) is 0 Å². The number of furan rings is 1. The molecule has 0 spiro atoms. The van der Waals surface area contributed by atoms with E-state index in [2.05, 4.69) is 22.6 Å². The Balaban J connectivity index is 1.99. The molecule has 0 saturated heterocycles. The summed E-state index contributed by atoms with van der Waals surface area (Å²) in [6.07, 6.45) is 1.80. The van der Waals surface area contributed by atoms with E-state index in [0.29, 0.717) is 17.1 Å². The predicted octanol–water partition coefficient (Wildman–Crippen LogP) is 3.53. The summed E-state index contributed by atoms with van der Waals surface area (Å²) in [5.41, 5.74) is 1.39. The Morgan fingerprint density at radius 2 is 1.89 bits per heavy atom. The number of halogens is 1. The van der Waals surface area contributed by atoms with E-state index in [0.717, 1.165) is 14.0 Å². The maximum atomic E-state index is 12.8. The maximum Gasteiger partial charge on any atom is 0.271 e. The Bertz CT molecular complexity index is 1030. The smallest absolute Gasteiger partial charge is 0.271 e. The third-order valence-electron chi connectivity index (χ3n) is 4.41. The van der Waals surface area contributed by atoms with Crippen LogP contribution in [0.15, 0.2) is 57.5 Å². The number of imide groups is 1. The first kappa shape index (κ1) is 20.0. The van der Waals surface area contributed by atoms with Crippen molar-refractivity contribution < 1.29 is 19.1 Å². The molecule has 2 heterocycles. The minimum absolute atomic E-state index is 0.0516. The summed E-state index contributed by atoms with van der Waals surface area (Å²) in [5.74, 6) is -0.0244. The molecule has 1 aromatic carbocycles. The number of aliphatic hydroxyl groups is 1. The minimum atomic E-state index is -0.630. The second-order valence-corrected chi connectivity index (χ2v) is 7.46. The average Bonchev–Trinajstić information content (AvgIpc) is 3.15. The van der Waals surface area contributed by atoms with Gasteiger partial charge in [-0.1, -0.05) is 12.1 Å². The number of nitrogens with zero attached hydrogens (tertiary/aromatic N) is 2. The largest absolute Gasteiger partial charge is 0.457 e. The van der Waals surface area contributed by atoms with Crippen LogP contribution in [0.1, 0.15) is 19.1 Å². The fourth-order valence-electron chi connectivity index (χ4n) is 2.90. The van der Waals surface area contributed by atoms with Crippen LogP contribution in [0, 0.1) is 14.9 Å². The van der Waals surface area contributed by atoms with Crippen LogP contribution in [0.5, 0.6) is 0 Å². The van der Waals surface area contributed by atoms with Crippen LogP contribution in [0.3, 0.4) is 0 Å². The number of hydrogen-bond donors (Lipinski definition) is 1. The molecule has 28 heavy (non-hydrogen) atoms. The number of nitriles is 1. The normalized spacial score (nSPS) is 16.1. The van der Waals surface area contributed by atoms with Gasteiger partial charge in [0, 0.05) is 27.9 Å². The van der Waals surface area contributed by atoms with Crippen LogP contribution in [-0.4, -0.2) is 35.0 Å². The van der Waals surface area contributed by atoms with E-state index >= 15 is 0 Å². The number of benzene rings is 1. The van der Waals surface area contributed by atoms with E-state index in [1.807, 2.05) is 30.3 Å². The summed E-state index contributed by atoms with van der Waals surface area (Å²) < 4.78 is 6.95. The summed E-state index contributed by atoms with van der Waals surface area (Å²) in [4.78, 5) is 26.2.